The van der Waals surface area contributed by atoms with Gasteiger partial charge in [0.1, 0.15) is 10.8 Å². The Morgan fingerprint density at radius 3 is 2.57 bits per heavy atom. The highest BCUT2D eigenvalue weighted by molar-refractivity contribution is 7.91. The molecular weight excluding hydrogens is 515 g/mol. The van der Waals surface area contributed by atoms with Crippen LogP contribution in [-0.4, -0.2) is 52.8 Å². The van der Waals surface area contributed by atoms with Crippen LogP contribution in [0.2, 0.25) is 0 Å². The van der Waals surface area contributed by atoms with Gasteiger partial charge in [-0.05, 0) is 11.6 Å². The summed E-state index contributed by atoms with van der Waals surface area (Å²) in [7, 11) is -8.02. The summed E-state index contributed by atoms with van der Waals surface area (Å²) in [6.07, 6.45) is 3.32. The Labute approximate surface area is 205 Å². The van der Waals surface area contributed by atoms with Crippen molar-refractivity contribution in [2.45, 2.75) is 11.0 Å². The molecule has 3 aromatic rings. The number of nitrogens with zero attached hydrogens (tertiary/aromatic N) is 2. The number of benzene rings is 2. The van der Waals surface area contributed by atoms with Crippen molar-refractivity contribution in [1.82, 2.24) is 10.3 Å². The van der Waals surface area contributed by atoms with E-state index >= 15 is 0 Å². The molecule has 1 aliphatic rings. The lowest BCUT2D eigenvalue weighted by Gasteiger charge is -2.15. The lowest BCUT2D eigenvalue weighted by molar-refractivity contribution is -0.120. The SMILES string of the molecule is NS(=O)(=O)CCNC(=O)C(c1nc2cc(F)c(C3=CCN=C3)cc2s1)S(=O)(=O)Cc1ccccc1. The number of primary sulfonamides is 1. The number of aromatic nitrogens is 1. The molecule has 35 heavy (non-hydrogen) atoms. The van der Waals surface area contributed by atoms with E-state index in [-0.39, 0.29) is 17.1 Å². The topological polar surface area (TPSA) is 149 Å². The predicted molar refractivity (Wildman–Crippen MR) is 134 cm³/mol. The van der Waals surface area contributed by atoms with Gasteiger partial charge in [0.25, 0.3) is 0 Å². The van der Waals surface area contributed by atoms with Gasteiger partial charge in [-0.1, -0.05) is 36.4 Å². The molecule has 1 aromatic heterocycles. The number of hydrogen-bond donors (Lipinski definition) is 2. The number of carbonyl (C=O) groups excluding carboxylic acids is 1. The van der Waals surface area contributed by atoms with Crippen molar-refractivity contribution in [2.75, 3.05) is 18.8 Å². The lowest BCUT2D eigenvalue weighted by Crippen LogP contribution is -2.37. The number of carbonyl (C=O) groups is 1. The number of allylic oxidation sites excluding steroid dienone is 1. The Morgan fingerprint density at radius 1 is 1.17 bits per heavy atom. The Bertz CT molecular complexity index is 1550. The van der Waals surface area contributed by atoms with E-state index in [0.717, 1.165) is 11.3 Å². The van der Waals surface area contributed by atoms with E-state index in [9.17, 15) is 26.0 Å². The molecule has 2 heterocycles. The average molecular weight is 537 g/mol. The lowest BCUT2D eigenvalue weighted by atomic mass is 10.1. The van der Waals surface area contributed by atoms with E-state index < -0.39 is 48.3 Å². The largest absolute Gasteiger partial charge is 0.354 e. The number of halogens is 1. The molecule has 1 amide bonds. The number of fused-ring (bicyclic) bond motifs is 1. The minimum absolute atomic E-state index is 0.0466. The highest BCUT2D eigenvalue weighted by atomic mass is 32.2. The normalized spacial score (nSPS) is 14.7. The molecule has 0 fully saturated rings. The van der Waals surface area contributed by atoms with E-state index in [2.05, 4.69) is 15.3 Å². The van der Waals surface area contributed by atoms with Gasteiger partial charge in [0.05, 0.1) is 28.3 Å². The third kappa shape index (κ3) is 5.99. The van der Waals surface area contributed by atoms with Crippen molar-refractivity contribution < 1.29 is 26.0 Å². The maximum atomic E-state index is 14.7. The maximum absolute atomic E-state index is 14.7. The highest BCUT2D eigenvalue weighted by Crippen LogP contribution is 2.35. The fourth-order valence-electron chi connectivity index (χ4n) is 3.56. The average Bonchev–Trinajstić information content (AvgIpc) is 3.42. The van der Waals surface area contributed by atoms with Gasteiger partial charge < -0.3 is 5.32 Å². The molecule has 0 saturated heterocycles. The van der Waals surface area contributed by atoms with Crippen molar-refractivity contribution >= 4 is 59.1 Å². The molecule has 4 rings (SSSR count). The second-order valence-corrected chi connectivity index (χ2v) is 12.7. The number of rotatable bonds is 9. The van der Waals surface area contributed by atoms with Gasteiger partial charge >= 0.3 is 0 Å². The number of sulfone groups is 1. The first-order valence-corrected chi connectivity index (χ1v) is 14.6. The van der Waals surface area contributed by atoms with Gasteiger partial charge in [0.2, 0.25) is 15.9 Å². The molecule has 13 heteroatoms. The minimum atomic E-state index is -4.15. The van der Waals surface area contributed by atoms with Gasteiger partial charge in [-0.3, -0.25) is 9.79 Å². The summed E-state index contributed by atoms with van der Waals surface area (Å²) < 4.78 is 64.5. The zero-order valence-corrected chi connectivity index (χ0v) is 20.7. The molecule has 9 nitrogen and oxygen atoms in total. The molecule has 1 aliphatic heterocycles. The smallest absolute Gasteiger partial charge is 0.245 e. The van der Waals surface area contributed by atoms with Gasteiger partial charge in [-0.15, -0.1) is 11.3 Å². The second-order valence-electron chi connectivity index (χ2n) is 7.84. The molecule has 0 aliphatic carbocycles. The second kappa shape index (κ2) is 9.93. The number of sulfonamides is 1. The summed E-state index contributed by atoms with van der Waals surface area (Å²) in [5.74, 6) is -2.49. The summed E-state index contributed by atoms with van der Waals surface area (Å²) in [6, 6.07) is 11.1. The Hall–Kier alpha value is -3.00. The highest BCUT2D eigenvalue weighted by Gasteiger charge is 2.37. The zero-order valence-electron chi connectivity index (χ0n) is 18.2. The number of aliphatic imine (C=N–C) groups is 1. The molecule has 0 spiro atoms. The van der Waals surface area contributed by atoms with Crippen molar-refractivity contribution in [2.24, 2.45) is 10.1 Å². The molecule has 3 N–H and O–H groups in total. The maximum Gasteiger partial charge on any atom is 0.245 e. The third-order valence-corrected chi connectivity index (χ3v) is 9.07. The van der Waals surface area contributed by atoms with Crippen LogP contribution < -0.4 is 10.5 Å². The number of nitrogens with one attached hydrogen (secondary N) is 1. The summed E-state index contributed by atoms with van der Waals surface area (Å²) >= 11 is 0.959. The quantitative estimate of drug-likeness (QED) is 0.427. The molecule has 0 bridgehead atoms. The fraction of sp³-hybridized carbons (Fsp3) is 0.227. The Morgan fingerprint density at radius 2 is 1.91 bits per heavy atom. The summed E-state index contributed by atoms with van der Waals surface area (Å²) in [5.41, 5.74) is 1.58. The number of nitrogens with two attached hydrogens (primary N) is 1. The van der Waals surface area contributed by atoms with E-state index in [4.69, 9.17) is 5.14 Å². The Kier molecular flexibility index (Phi) is 7.12. The van der Waals surface area contributed by atoms with E-state index in [1.54, 1.807) is 48.7 Å². The first-order chi connectivity index (χ1) is 16.5. The van der Waals surface area contributed by atoms with Crippen molar-refractivity contribution in [1.29, 1.82) is 0 Å². The molecule has 0 radical (unpaired) electrons. The van der Waals surface area contributed by atoms with Gasteiger partial charge in [0, 0.05) is 30.0 Å². The molecule has 0 saturated carbocycles. The van der Waals surface area contributed by atoms with E-state index in [1.807, 2.05) is 0 Å². The molecule has 1 unspecified atom stereocenters. The summed E-state index contributed by atoms with van der Waals surface area (Å²) in [5, 5.41) is 5.53. The van der Waals surface area contributed by atoms with Crippen molar-refractivity contribution in [3.8, 4) is 0 Å². The first-order valence-electron chi connectivity index (χ1n) is 10.4. The van der Waals surface area contributed by atoms with Crippen LogP contribution in [0.3, 0.4) is 0 Å². The molecule has 184 valence electrons. The molecule has 2 aromatic carbocycles. The van der Waals surface area contributed by atoms with Crippen LogP contribution in [0.25, 0.3) is 15.8 Å². The van der Waals surface area contributed by atoms with Crippen molar-refractivity contribution in [3.05, 3.63) is 70.5 Å². The first kappa shape index (κ1) is 25.1. The van der Waals surface area contributed by atoms with Crippen LogP contribution in [0, 0.1) is 5.82 Å². The standard InChI is InChI=1S/C22H21FN4O5S3/c23-17-11-18-19(10-16(17)15-6-7-25-12-15)33-22(27-18)20(21(28)26-8-9-35(24,31)32)34(29,30)13-14-4-2-1-3-5-14/h1-6,10-12,20H,7-9,13H2,(H,26,28)(H2,24,31,32). The molecule has 1 atom stereocenters. The van der Waals surface area contributed by atoms with E-state index in [0.29, 0.717) is 27.9 Å². The minimum Gasteiger partial charge on any atom is -0.354 e. The monoisotopic (exact) mass is 536 g/mol. The van der Waals surface area contributed by atoms with Crippen molar-refractivity contribution in [3.63, 3.8) is 0 Å². The van der Waals surface area contributed by atoms with Gasteiger partial charge in [-0.25, -0.2) is 31.3 Å². The van der Waals surface area contributed by atoms with E-state index in [1.165, 1.54) is 6.07 Å². The number of amides is 1. The van der Waals surface area contributed by atoms with Crippen LogP contribution in [0.1, 0.15) is 21.4 Å². The predicted octanol–water partition coefficient (Wildman–Crippen LogP) is 1.96. The Balaban J connectivity index is 1.73. The van der Waals surface area contributed by atoms with Crippen LogP contribution in [0.5, 0.6) is 0 Å². The summed E-state index contributed by atoms with van der Waals surface area (Å²) in [4.78, 5) is 21.4. The van der Waals surface area contributed by atoms with Crippen LogP contribution in [0.15, 0.2) is 53.5 Å². The fourth-order valence-corrected chi connectivity index (χ4v) is 7.09. The van der Waals surface area contributed by atoms with Crippen LogP contribution in [-0.2, 0) is 30.4 Å². The molecular formula is C22H21FN4O5S3. The number of thiazole rings is 1. The summed E-state index contributed by atoms with van der Waals surface area (Å²) in [6.45, 7) is 0.0748. The van der Waals surface area contributed by atoms with Gasteiger partial charge in [-0.2, -0.15) is 0 Å². The number of hydrogen-bond acceptors (Lipinski definition) is 8. The van der Waals surface area contributed by atoms with Crippen LogP contribution in [0.4, 0.5) is 4.39 Å². The van der Waals surface area contributed by atoms with Gasteiger partial charge in [0.15, 0.2) is 15.1 Å². The van der Waals surface area contributed by atoms with Crippen LogP contribution >= 0.6 is 11.3 Å². The third-order valence-electron chi connectivity index (χ3n) is 5.17. The zero-order chi connectivity index (χ0) is 25.2.